The molecule has 2 amide bonds. The van der Waals surface area contributed by atoms with Gasteiger partial charge < -0.3 is 20.3 Å². The Bertz CT molecular complexity index is 1480. The Kier molecular flexibility index (Phi) is 7.73. The van der Waals surface area contributed by atoms with Crippen LogP contribution in [0.15, 0.2) is 35.2 Å². The molecule has 40 heavy (non-hydrogen) atoms. The summed E-state index contributed by atoms with van der Waals surface area (Å²) < 4.78 is 57.2. The molecule has 1 saturated heterocycles. The smallest absolute Gasteiger partial charge is 0.319 e. The van der Waals surface area contributed by atoms with Crippen molar-refractivity contribution in [3.8, 4) is 11.4 Å². The highest BCUT2D eigenvalue weighted by molar-refractivity contribution is 7.92. The second-order valence-electron chi connectivity index (χ2n) is 10.1. The zero-order valence-electron chi connectivity index (χ0n) is 22.3. The number of rotatable bonds is 8. The SMILES string of the molecule is Cc1n[nH]c(C)c1S(=O)(=O)C1CC1c1cc(N2CCOC[C@@H]2C)nc(-c2ccc(NC(=O)NCC(F)F)cc2)n1. The number of ether oxygens (including phenoxy) is 1. The number of alkyl halides is 2. The van der Waals surface area contributed by atoms with Crippen LogP contribution in [0.2, 0.25) is 0 Å². The van der Waals surface area contributed by atoms with Crippen LogP contribution in [0, 0.1) is 13.8 Å². The number of H-pyrrole nitrogens is 1. The summed E-state index contributed by atoms with van der Waals surface area (Å²) >= 11 is 0. The number of amides is 2. The van der Waals surface area contributed by atoms with Crippen LogP contribution in [0.1, 0.15) is 36.3 Å². The Balaban J connectivity index is 1.44. The van der Waals surface area contributed by atoms with E-state index in [1.54, 1.807) is 38.1 Å². The number of urea groups is 1. The lowest BCUT2D eigenvalue weighted by molar-refractivity contribution is 0.0985. The summed E-state index contributed by atoms with van der Waals surface area (Å²) in [6, 6.07) is 7.88. The number of sulfone groups is 1. The third kappa shape index (κ3) is 5.77. The zero-order valence-corrected chi connectivity index (χ0v) is 23.1. The third-order valence-electron chi connectivity index (χ3n) is 7.07. The van der Waals surface area contributed by atoms with Crippen LogP contribution < -0.4 is 15.5 Å². The van der Waals surface area contributed by atoms with Crippen molar-refractivity contribution in [1.82, 2.24) is 25.5 Å². The van der Waals surface area contributed by atoms with E-state index in [9.17, 15) is 22.0 Å². The van der Waals surface area contributed by atoms with Crippen LogP contribution in [0.5, 0.6) is 0 Å². The minimum absolute atomic E-state index is 0.0673. The lowest BCUT2D eigenvalue weighted by atomic mass is 10.1. The van der Waals surface area contributed by atoms with E-state index < -0.39 is 34.1 Å². The van der Waals surface area contributed by atoms with Crippen LogP contribution >= 0.6 is 0 Å². The third-order valence-corrected chi connectivity index (χ3v) is 9.56. The normalized spacial score (nSPS) is 20.9. The van der Waals surface area contributed by atoms with Gasteiger partial charge in [-0.3, -0.25) is 5.10 Å². The molecule has 5 rings (SSSR count). The van der Waals surface area contributed by atoms with Crippen molar-refractivity contribution >= 4 is 27.4 Å². The number of hydrogen-bond acceptors (Lipinski definition) is 8. The van der Waals surface area contributed by atoms with E-state index in [0.29, 0.717) is 66.2 Å². The summed E-state index contributed by atoms with van der Waals surface area (Å²) in [5, 5.41) is 10.8. The molecule has 11 nitrogen and oxygen atoms in total. The number of carbonyl (C=O) groups is 1. The fraction of sp³-hybridized carbons (Fsp3) is 0.462. The first-order valence-corrected chi connectivity index (χ1v) is 14.5. The van der Waals surface area contributed by atoms with Gasteiger partial charge in [-0.2, -0.15) is 5.10 Å². The van der Waals surface area contributed by atoms with Gasteiger partial charge in [0.15, 0.2) is 15.7 Å². The molecule has 0 radical (unpaired) electrons. The Morgan fingerprint density at radius 3 is 2.62 bits per heavy atom. The Morgan fingerprint density at radius 1 is 1.23 bits per heavy atom. The average molecular weight is 576 g/mol. The fourth-order valence-corrected chi connectivity index (χ4v) is 7.24. The topological polar surface area (TPSA) is 142 Å². The van der Waals surface area contributed by atoms with E-state index in [4.69, 9.17) is 14.7 Å². The first-order chi connectivity index (χ1) is 19.0. The summed E-state index contributed by atoms with van der Waals surface area (Å²) in [5.74, 6) is 0.803. The van der Waals surface area contributed by atoms with Crippen molar-refractivity contribution < 1.29 is 26.7 Å². The number of aromatic nitrogens is 4. The zero-order chi connectivity index (χ0) is 28.6. The first-order valence-electron chi connectivity index (χ1n) is 13.0. The molecular weight excluding hydrogens is 544 g/mol. The number of hydrogen-bond donors (Lipinski definition) is 3. The molecule has 3 N–H and O–H groups in total. The summed E-state index contributed by atoms with van der Waals surface area (Å²) in [6.45, 7) is 6.39. The molecule has 3 aromatic rings. The number of aryl methyl sites for hydroxylation is 2. The Hall–Kier alpha value is -3.65. The van der Waals surface area contributed by atoms with Gasteiger partial charge >= 0.3 is 6.03 Å². The largest absolute Gasteiger partial charge is 0.377 e. The van der Waals surface area contributed by atoms with Crippen molar-refractivity contribution in [3.05, 3.63) is 47.4 Å². The number of benzene rings is 1. The molecule has 2 aliphatic rings. The van der Waals surface area contributed by atoms with Crippen molar-refractivity contribution in [3.63, 3.8) is 0 Å². The Morgan fingerprint density at radius 2 is 1.98 bits per heavy atom. The van der Waals surface area contributed by atoms with Crippen molar-refractivity contribution in [1.29, 1.82) is 0 Å². The van der Waals surface area contributed by atoms with Crippen LogP contribution in [0.3, 0.4) is 0 Å². The molecule has 1 aromatic carbocycles. The predicted molar refractivity (Wildman–Crippen MR) is 145 cm³/mol. The molecule has 2 aromatic heterocycles. The van der Waals surface area contributed by atoms with Gasteiger partial charge in [0.05, 0.1) is 48.1 Å². The second kappa shape index (κ2) is 11.1. The van der Waals surface area contributed by atoms with Gasteiger partial charge in [-0.15, -0.1) is 0 Å². The molecule has 0 spiro atoms. The molecule has 1 saturated carbocycles. The molecular formula is C26H31F2N7O4S. The number of anilines is 2. The summed E-state index contributed by atoms with van der Waals surface area (Å²) in [4.78, 5) is 23.8. The Labute approximate surface area is 230 Å². The maximum absolute atomic E-state index is 13.5. The molecule has 1 aliphatic heterocycles. The van der Waals surface area contributed by atoms with Gasteiger partial charge in [0.1, 0.15) is 10.7 Å². The summed E-state index contributed by atoms with van der Waals surface area (Å²) in [5.41, 5.74) is 2.67. The quantitative estimate of drug-likeness (QED) is 0.371. The van der Waals surface area contributed by atoms with Gasteiger partial charge in [0.25, 0.3) is 6.43 Å². The number of morpholine rings is 1. The summed E-state index contributed by atoms with van der Waals surface area (Å²) in [6.07, 6.45) is -2.20. The predicted octanol–water partition coefficient (Wildman–Crippen LogP) is 3.43. The van der Waals surface area contributed by atoms with E-state index in [0.717, 1.165) is 0 Å². The standard InChI is InChI=1S/C26H31F2N7O4S/c1-14-13-39-9-8-35(14)23-11-20(19-10-21(19)40(37,38)24-15(2)33-34-16(24)3)31-25(32-23)17-4-6-18(7-5-17)30-26(36)29-12-22(27)28/h4-7,11,14,19,21-22H,8-10,12-13H2,1-3H3,(H,33,34)(H2,29,30,36)/t14-,19?,21?/m0/s1. The molecule has 2 unspecified atom stereocenters. The molecule has 2 fully saturated rings. The van der Waals surface area contributed by atoms with E-state index in [1.807, 2.05) is 13.0 Å². The van der Waals surface area contributed by atoms with Crippen molar-refractivity contribution in [2.75, 3.05) is 36.5 Å². The number of nitrogens with zero attached hydrogens (tertiary/aromatic N) is 4. The molecule has 214 valence electrons. The van der Waals surface area contributed by atoms with E-state index >= 15 is 0 Å². The minimum atomic E-state index is -3.62. The lowest BCUT2D eigenvalue weighted by Crippen LogP contribution is -2.44. The van der Waals surface area contributed by atoms with Crippen LogP contribution in [-0.4, -0.2) is 78.6 Å². The molecule has 14 heteroatoms. The second-order valence-corrected chi connectivity index (χ2v) is 12.2. The maximum atomic E-state index is 13.5. The number of carbonyl (C=O) groups excluding carboxylic acids is 1. The number of aromatic amines is 1. The highest BCUT2D eigenvalue weighted by Crippen LogP contribution is 2.49. The van der Waals surface area contributed by atoms with Gasteiger partial charge in [-0.25, -0.2) is 32.0 Å². The van der Waals surface area contributed by atoms with E-state index in [2.05, 4.69) is 25.7 Å². The van der Waals surface area contributed by atoms with Crippen molar-refractivity contribution in [2.45, 2.75) is 55.7 Å². The van der Waals surface area contributed by atoms with E-state index in [-0.39, 0.29) is 16.9 Å². The highest BCUT2D eigenvalue weighted by atomic mass is 32.2. The van der Waals surface area contributed by atoms with E-state index in [1.165, 1.54) is 0 Å². The number of halogens is 2. The van der Waals surface area contributed by atoms with Gasteiger partial charge in [0.2, 0.25) is 0 Å². The van der Waals surface area contributed by atoms with Crippen molar-refractivity contribution in [2.24, 2.45) is 0 Å². The van der Waals surface area contributed by atoms with Crippen LogP contribution in [0.4, 0.5) is 25.1 Å². The molecule has 3 heterocycles. The van der Waals surface area contributed by atoms with Gasteiger partial charge in [0, 0.05) is 29.8 Å². The highest BCUT2D eigenvalue weighted by Gasteiger charge is 2.51. The first kappa shape index (κ1) is 27.9. The lowest BCUT2D eigenvalue weighted by Gasteiger charge is -2.34. The molecule has 1 aliphatic carbocycles. The maximum Gasteiger partial charge on any atom is 0.319 e. The molecule has 0 bridgehead atoms. The number of nitrogens with one attached hydrogen (secondary N) is 3. The fourth-order valence-electron chi connectivity index (χ4n) is 4.97. The molecule has 3 atom stereocenters. The van der Waals surface area contributed by atoms with Gasteiger partial charge in [-0.05, 0) is 51.5 Å². The monoisotopic (exact) mass is 575 g/mol. The van der Waals surface area contributed by atoms with Crippen LogP contribution in [0.25, 0.3) is 11.4 Å². The average Bonchev–Trinajstić information content (AvgIpc) is 3.67. The van der Waals surface area contributed by atoms with Crippen LogP contribution in [-0.2, 0) is 14.6 Å². The minimum Gasteiger partial charge on any atom is -0.377 e. The van der Waals surface area contributed by atoms with Gasteiger partial charge in [-0.1, -0.05) is 0 Å². The summed E-state index contributed by atoms with van der Waals surface area (Å²) in [7, 11) is -3.62.